The Kier molecular flexibility index (Phi) is 6.75. The van der Waals surface area contributed by atoms with Crippen molar-refractivity contribution in [3.05, 3.63) is 92.6 Å². The molecule has 0 aliphatic rings. The maximum Gasteiger partial charge on any atom is 0.261 e. The Hall–Kier alpha value is -5.13. The van der Waals surface area contributed by atoms with Crippen LogP contribution in [0.1, 0.15) is 29.4 Å². The van der Waals surface area contributed by atoms with Crippen molar-refractivity contribution in [1.82, 2.24) is 24.5 Å². The first-order valence-electron chi connectivity index (χ1n) is 12.1. The van der Waals surface area contributed by atoms with Crippen LogP contribution in [-0.4, -0.2) is 48.9 Å². The SMILES string of the molecule is COc1cc([C@H](CC(=O)NCCn2ccc3c(cnc4ccnn43)c2=O)c2oc(C)cc(=O)c2O)ccc1O. The summed E-state index contributed by atoms with van der Waals surface area (Å²) in [7, 11) is 1.38. The molecule has 0 aliphatic heterocycles. The molecule has 0 radical (unpaired) electrons. The third-order valence-corrected chi connectivity index (χ3v) is 6.42. The molecule has 0 spiro atoms. The third-order valence-electron chi connectivity index (χ3n) is 6.42. The van der Waals surface area contributed by atoms with Crippen LogP contribution in [0.2, 0.25) is 0 Å². The van der Waals surface area contributed by atoms with Gasteiger partial charge in [0.25, 0.3) is 5.56 Å². The number of hydrogen-bond acceptors (Lipinski definition) is 9. The molecule has 4 heterocycles. The molecule has 0 saturated carbocycles. The fourth-order valence-corrected chi connectivity index (χ4v) is 4.48. The number of aromatic nitrogens is 4. The fraction of sp³-hybridized carbons (Fsp3) is 0.222. The van der Waals surface area contributed by atoms with E-state index in [2.05, 4.69) is 15.4 Å². The lowest BCUT2D eigenvalue weighted by Crippen LogP contribution is -2.31. The number of ether oxygens (including phenoxy) is 1. The van der Waals surface area contributed by atoms with Crippen LogP contribution in [0.25, 0.3) is 16.6 Å². The van der Waals surface area contributed by atoms with Crippen molar-refractivity contribution in [3.63, 3.8) is 0 Å². The van der Waals surface area contributed by atoms with Crippen molar-refractivity contribution in [2.45, 2.75) is 25.8 Å². The van der Waals surface area contributed by atoms with Crippen LogP contribution in [-0.2, 0) is 11.3 Å². The minimum atomic E-state index is -0.863. The van der Waals surface area contributed by atoms with Crippen molar-refractivity contribution in [1.29, 1.82) is 0 Å². The van der Waals surface area contributed by atoms with Gasteiger partial charge in [-0.1, -0.05) is 6.07 Å². The molecular formula is C27H25N5O7. The van der Waals surface area contributed by atoms with Gasteiger partial charge >= 0.3 is 0 Å². The summed E-state index contributed by atoms with van der Waals surface area (Å²) >= 11 is 0. The molecule has 1 atom stereocenters. The van der Waals surface area contributed by atoms with Crippen molar-refractivity contribution in [2.75, 3.05) is 13.7 Å². The van der Waals surface area contributed by atoms with Crippen LogP contribution in [0.3, 0.4) is 0 Å². The minimum absolute atomic E-state index is 0.0777. The molecule has 5 aromatic rings. The zero-order valence-electron chi connectivity index (χ0n) is 21.1. The average molecular weight is 532 g/mol. The molecule has 0 fully saturated rings. The van der Waals surface area contributed by atoms with E-state index in [0.29, 0.717) is 22.1 Å². The van der Waals surface area contributed by atoms with E-state index in [4.69, 9.17) is 9.15 Å². The number of rotatable bonds is 8. The lowest BCUT2D eigenvalue weighted by molar-refractivity contribution is -0.121. The van der Waals surface area contributed by atoms with Crippen molar-refractivity contribution < 1.29 is 24.2 Å². The Balaban J connectivity index is 1.36. The highest BCUT2D eigenvalue weighted by molar-refractivity contribution is 5.79. The van der Waals surface area contributed by atoms with Gasteiger partial charge in [0.1, 0.15) is 5.76 Å². The molecule has 12 heteroatoms. The van der Waals surface area contributed by atoms with Gasteiger partial charge in [0, 0.05) is 44.0 Å². The second-order valence-corrected chi connectivity index (χ2v) is 8.94. The summed E-state index contributed by atoms with van der Waals surface area (Å²) in [5.41, 5.74) is 0.826. The van der Waals surface area contributed by atoms with Gasteiger partial charge in [-0.3, -0.25) is 14.4 Å². The predicted octanol–water partition coefficient (Wildman–Crippen LogP) is 2.06. The summed E-state index contributed by atoms with van der Waals surface area (Å²) in [5, 5.41) is 27.8. The van der Waals surface area contributed by atoms with Crippen LogP contribution >= 0.6 is 0 Å². The number of amides is 1. The van der Waals surface area contributed by atoms with Crippen LogP contribution in [0, 0.1) is 6.92 Å². The van der Waals surface area contributed by atoms with E-state index in [1.54, 1.807) is 42.0 Å². The number of benzene rings is 1. The second kappa shape index (κ2) is 10.3. The number of carbonyl (C=O) groups is 1. The molecule has 1 aromatic carbocycles. The standard InChI is InChI=1S/C27H25N5O7/c1-15-11-21(34)25(36)26(39-15)17(16-3-4-20(33)22(12-16)38-2)13-24(35)28-8-10-31-9-6-19-18(27(31)37)14-29-23-5-7-30-32(19)23/h3-7,9,11-12,14,17,33,36H,8,10,13H2,1-2H3,(H,28,35)/t17-/m0/s1. The molecular weight excluding hydrogens is 506 g/mol. The number of nitrogens with one attached hydrogen (secondary N) is 1. The topological polar surface area (TPSA) is 161 Å². The molecule has 0 bridgehead atoms. The van der Waals surface area contributed by atoms with Gasteiger partial charge in [0.05, 0.1) is 30.1 Å². The van der Waals surface area contributed by atoms with E-state index >= 15 is 0 Å². The lowest BCUT2D eigenvalue weighted by Gasteiger charge is -2.19. The van der Waals surface area contributed by atoms with Gasteiger partial charge in [-0.2, -0.15) is 5.10 Å². The zero-order chi connectivity index (χ0) is 27.7. The summed E-state index contributed by atoms with van der Waals surface area (Å²) < 4.78 is 13.9. The third kappa shape index (κ3) is 4.91. The van der Waals surface area contributed by atoms with Crippen molar-refractivity contribution in [2.24, 2.45) is 0 Å². The van der Waals surface area contributed by atoms with Crippen LogP contribution in [0.5, 0.6) is 17.2 Å². The molecule has 3 N–H and O–H groups in total. The van der Waals surface area contributed by atoms with E-state index in [0.717, 1.165) is 6.07 Å². The highest BCUT2D eigenvalue weighted by atomic mass is 16.5. The minimum Gasteiger partial charge on any atom is -0.504 e. The fourth-order valence-electron chi connectivity index (χ4n) is 4.48. The van der Waals surface area contributed by atoms with E-state index in [1.165, 1.54) is 30.0 Å². The number of carbonyl (C=O) groups excluding carboxylic acids is 1. The van der Waals surface area contributed by atoms with Gasteiger partial charge in [-0.15, -0.1) is 0 Å². The maximum atomic E-state index is 13.0. The highest BCUT2D eigenvalue weighted by Gasteiger charge is 2.26. The largest absolute Gasteiger partial charge is 0.504 e. The molecule has 1 amide bonds. The number of aryl methyl sites for hydroxylation is 1. The second-order valence-electron chi connectivity index (χ2n) is 8.94. The Morgan fingerprint density at radius 1 is 1.18 bits per heavy atom. The zero-order valence-corrected chi connectivity index (χ0v) is 21.1. The monoisotopic (exact) mass is 531 g/mol. The molecule has 200 valence electrons. The van der Waals surface area contributed by atoms with Crippen LogP contribution in [0.4, 0.5) is 0 Å². The first-order valence-corrected chi connectivity index (χ1v) is 12.1. The van der Waals surface area contributed by atoms with Gasteiger partial charge in [0.2, 0.25) is 17.1 Å². The van der Waals surface area contributed by atoms with Gasteiger partial charge in [0.15, 0.2) is 22.9 Å². The quantitative estimate of drug-likeness (QED) is 0.272. The first kappa shape index (κ1) is 25.5. The summed E-state index contributed by atoms with van der Waals surface area (Å²) in [6.45, 7) is 1.89. The maximum absolute atomic E-state index is 13.0. The van der Waals surface area contributed by atoms with E-state index in [-0.39, 0.29) is 48.1 Å². The van der Waals surface area contributed by atoms with Gasteiger partial charge in [-0.25, -0.2) is 9.50 Å². The molecule has 4 aromatic heterocycles. The Morgan fingerprint density at radius 2 is 2.00 bits per heavy atom. The van der Waals surface area contributed by atoms with Crippen LogP contribution < -0.4 is 21.0 Å². The smallest absolute Gasteiger partial charge is 0.261 e. The summed E-state index contributed by atoms with van der Waals surface area (Å²) in [6, 6.07) is 9.11. The summed E-state index contributed by atoms with van der Waals surface area (Å²) in [5.74, 6) is -1.64. The van der Waals surface area contributed by atoms with Gasteiger partial charge < -0.3 is 29.3 Å². The van der Waals surface area contributed by atoms with E-state index < -0.39 is 23.0 Å². The van der Waals surface area contributed by atoms with Crippen LogP contribution in [0.15, 0.2) is 69.0 Å². The molecule has 12 nitrogen and oxygen atoms in total. The van der Waals surface area contributed by atoms with Gasteiger partial charge in [-0.05, 0) is 30.7 Å². The number of methoxy groups -OCH3 is 1. The number of pyridine rings is 1. The number of phenolic OH excluding ortho intramolecular Hbond substituents is 1. The molecule has 5 rings (SSSR count). The van der Waals surface area contributed by atoms with Crippen molar-refractivity contribution >= 4 is 22.5 Å². The summed E-state index contributed by atoms with van der Waals surface area (Å²) in [4.78, 5) is 42.5. The van der Waals surface area contributed by atoms with E-state index in [9.17, 15) is 24.6 Å². The normalized spacial score (nSPS) is 12.1. The molecule has 0 saturated heterocycles. The lowest BCUT2D eigenvalue weighted by atomic mass is 9.91. The van der Waals surface area contributed by atoms with Crippen molar-refractivity contribution in [3.8, 4) is 17.2 Å². The Labute approximate surface area is 220 Å². The number of hydrogen-bond donors (Lipinski definition) is 3. The predicted molar refractivity (Wildman–Crippen MR) is 140 cm³/mol. The first-order chi connectivity index (χ1) is 18.8. The number of phenols is 1. The molecule has 0 unspecified atom stereocenters. The molecule has 0 aliphatic carbocycles. The number of fused-ring (bicyclic) bond motifs is 3. The Morgan fingerprint density at radius 3 is 2.79 bits per heavy atom. The van der Waals surface area contributed by atoms with E-state index in [1.807, 2.05) is 0 Å². The number of nitrogens with zero attached hydrogens (tertiary/aromatic N) is 4. The highest BCUT2D eigenvalue weighted by Crippen LogP contribution is 2.37. The Bertz CT molecular complexity index is 1820. The summed E-state index contributed by atoms with van der Waals surface area (Å²) in [6.07, 6.45) is 4.54. The molecule has 39 heavy (non-hydrogen) atoms. The number of aromatic hydroxyl groups is 2. The average Bonchev–Trinajstić information content (AvgIpc) is 3.40.